The summed E-state index contributed by atoms with van der Waals surface area (Å²) < 4.78 is 0. The zero-order valence-electron chi connectivity index (χ0n) is 8.08. The van der Waals surface area contributed by atoms with E-state index in [0.29, 0.717) is 13.0 Å². The topological polar surface area (TPSA) is 49.3 Å². The summed E-state index contributed by atoms with van der Waals surface area (Å²) in [5.74, 6) is 0.459. The SMILES string of the molecule is CC1(c2cccc(O)c2)CC(=O)CN1. The Morgan fingerprint density at radius 2 is 2.29 bits per heavy atom. The fraction of sp³-hybridized carbons (Fsp3) is 0.364. The van der Waals surface area contributed by atoms with Gasteiger partial charge in [0.2, 0.25) is 0 Å². The second kappa shape index (κ2) is 3.10. The third kappa shape index (κ3) is 1.51. The zero-order chi connectivity index (χ0) is 10.2. The van der Waals surface area contributed by atoms with Crippen LogP contribution in [0.5, 0.6) is 5.75 Å². The highest BCUT2D eigenvalue weighted by atomic mass is 16.3. The maximum absolute atomic E-state index is 11.2. The number of Topliss-reactive ketones (excluding diaryl/α,β-unsaturated/α-hetero) is 1. The molecule has 1 unspecified atom stereocenters. The van der Waals surface area contributed by atoms with Crippen molar-refractivity contribution in [1.82, 2.24) is 5.32 Å². The van der Waals surface area contributed by atoms with Gasteiger partial charge in [-0.25, -0.2) is 0 Å². The van der Waals surface area contributed by atoms with Crippen molar-refractivity contribution in [3.8, 4) is 5.75 Å². The van der Waals surface area contributed by atoms with E-state index in [1.807, 2.05) is 13.0 Å². The third-order valence-corrected chi connectivity index (χ3v) is 2.71. The van der Waals surface area contributed by atoms with Crippen molar-refractivity contribution < 1.29 is 9.90 Å². The average Bonchev–Trinajstić information content (AvgIpc) is 2.48. The van der Waals surface area contributed by atoms with Crippen LogP contribution >= 0.6 is 0 Å². The predicted molar refractivity (Wildman–Crippen MR) is 53.1 cm³/mol. The van der Waals surface area contributed by atoms with Crippen molar-refractivity contribution in [2.75, 3.05) is 6.54 Å². The van der Waals surface area contributed by atoms with Crippen molar-refractivity contribution in [2.45, 2.75) is 18.9 Å². The molecule has 3 heteroatoms. The first-order chi connectivity index (χ1) is 6.60. The number of aromatic hydroxyl groups is 1. The van der Waals surface area contributed by atoms with Crippen LogP contribution in [0, 0.1) is 0 Å². The van der Waals surface area contributed by atoms with Crippen LogP contribution in [-0.2, 0) is 10.3 Å². The molecule has 74 valence electrons. The van der Waals surface area contributed by atoms with Crippen molar-refractivity contribution in [2.24, 2.45) is 0 Å². The Bertz CT molecular complexity index is 375. The fourth-order valence-electron chi connectivity index (χ4n) is 1.87. The number of hydrogen-bond donors (Lipinski definition) is 2. The molecule has 0 spiro atoms. The van der Waals surface area contributed by atoms with Crippen molar-refractivity contribution in [1.29, 1.82) is 0 Å². The molecule has 0 aliphatic carbocycles. The summed E-state index contributed by atoms with van der Waals surface area (Å²) >= 11 is 0. The van der Waals surface area contributed by atoms with Gasteiger partial charge in [-0.3, -0.25) is 4.79 Å². The van der Waals surface area contributed by atoms with Gasteiger partial charge in [-0.2, -0.15) is 0 Å². The normalized spacial score (nSPS) is 26.8. The average molecular weight is 191 g/mol. The molecule has 0 aromatic heterocycles. The molecule has 1 heterocycles. The van der Waals surface area contributed by atoms with Crippen molar-refractivity contribution >= 4 is 5.78 Å². The third-order valence-electron chi connectivity index (χ3n) is 2.71. The summed E-state index contributed by atoms with van der Waals surface area (Å²) in [7, 11) is 0. The standard InChI is InChI=1S/C11H13NO2/c1-11(6-10(14)7-12-11)8-3-2-4-9(13)5-8/h2-5,12-13H,6-7H2,1H3. The Balaban J connectivity index is 2.34. The Hall–Kier alpha value is -1.35. The number of benzene rings is 1. The van der Waals surface area contributed by atoms with Crippen LogP contribution in [0.25, 0.3) is 0 Å². The van der Waals surface area contributed by atoms with E-state index in [-0.39, 0.29) is 17.1 Å². The molecule has 14 heavy (non-hydrogen) atoms. The van der Waals surface area contributed by atoms with Crippen LogP contribution in [-0.4, -0.2) is 17.4 Å². The number of ketones is 1. The molecule has 2 rings (SSSR count). The second-order valence-corrected chi connectivity index (χ2v) is 3.95. The van der Waals surface area contributed by atoms with E-state index in [1.165, 1.54) is 0 Å². The summed E-state index contributed by atoms with van der Waals surface area (Å²) in [6, 6.07) is 7.04. The van der Waals surface area contributed by atoms with Crippen molar-refractivity contribution in [3.05, 3.63) is 29.8 Å². The summed E-state index contributed by atoms with van der Waals surface area (Å²) in [6.07, 6.45) is 0.496. The molecule has 3 nitrogen and oxygen atoms in total. The molecule has 0 bridgehead atoms. The van der Waals surface area contributed by atoms with E-state index >= 15 is 0 Å². The van der Waals surface area contributed by atoms with Gasteiger partial charge in [0.1, 0.15) is 11.5 Å². The van der Waals surface area contributed by atoms with Gasteiger partial charge in [-0.05, 0) is 24.6 Å². The largest absolute Gasteiger partial charge is 0.508 e. The molecule has 1 aliphatic heterocycles. The van der Waals surface area contributed by atoms with Gasteiger partial charge in [0.25, 0.3) is 0 Å². The van der Waals surface area contributed by atoms with E-state index in [4.69, 9.17) is 0 Å². The molecule has 0 amide bonds. The van der Waals surface area contributed by atoms with E-state index in [1.54, 1.807) is 18.2 Å². The van der Waals surface area contributed by atoms with Gasteiger partial charge in [-0.15, -0.1) is 0 Å². The van der Waals surface area contributed by atoms with Gasteiger partial charge in [-0.1, -0.05) is 12.1 Å². The smallest absolute Gasteiger partial charge is 0.148 e. The number of rotatable bonds is 1. The summed E-state index contributed by atoms with van der Waals surface area (Å²) in [4.78, 5) is 11.2. The Kier molecular flexibility index (Phi) is 2.04. The van der Waals surface area contributed by atoms with E-state index < -0.39 is 0 Å². The number of hydrogen-bond acceptors (Lipinski definition) is 3. The molecular formula is C11H13NO2. The minimum absolute atomic E-state index is 0.218. The maximum atomic E-state index is 11.2. The summed E-state index contributed by atoms with van der Waals surface area (Å²) in [5.41, 5.74) is 0.652. The van der Waals surface area contributed by atoms with Crippen LogP contribution in [0.1, 0.15) is 18.9 Å². The van der Waals surface area contributed by atoms with Crippen LogP contribution in [0.15, 0.2) is 24.3 Å². The lowest BCUT2D eigenvalue weighted by Crippen LogP contribution is -2.32. The quantitative estimate of drug-likeness (QED) is 0.700. The number of phenols is 1. The molecule has 2 N–H and O–H groups in total. The molecule has 0 saturated carbocycles. The van der Waals surface area contributed by atoms with Crippen LogP contribution in [0.3, 0.4) is 0 Å². The maximum Gasteiger partial charge on any atom is 0.148 e. The minimum Gasteiger partial charge on any atom is -0.508 e. The van der Waals surface area contributed by atoms with Crippen molar-refractivity contribution in [3.63, 3.8) is 0 Å². The Labute approximate surface area is 82.8 Å². The monoisotopic (exact) mass is 191 g/mol. The lowest BCUT2D eigenvalue weighted by molar-refractivity contribution is -0.116. The first-order valence-corrected chi connectivity index (χ1v) is 4.66. The van der Waals surface area contributed by atoms with E-state index in [0.717, 1.165) is 5.56 Å². The lowest BCUT2D eigenvalue weighted by atomic mass is 9.90. The molecule has 1 fully saturated rings. The highest BCUT2D eigenvalue weighted by molar-refractivity contribution is 5.84. The van der Waals surface area contributed by atoms with Gasteiger partial charge in [0.05, 0.1) is 6.54 Å². The minimum atomic E-state index is -0.310. The Morgan fingerprint density at radius 3 is 2.86 bits per heavy atom. The Morgan fingerprint density at radius 1 is 1.50 bits per heavy atom. The molecule has 1 aliphatic rings. The van der Waals surface area contributed by atoms with Gasteiger partial charge >= 0.3 is 0 Å². The molecular weight excluding hydrogens is 178 g/mol. The van der Waals surface area contributed by atoms with Crippen LogP contribution in [0.2, 0.25) is 0 Å². The van der Waals surface area contributed by atoms with Crippen LogP contribution < -0.4 is 5.32 Å². The number of carbonyl (C=O) groups excluding carboxylic acids is 1. The van der Waals surface area contributed by atoms with E-state index in [9.17, 15) is 9.90 Å². The lowest BCUT2D eigenvalue weighted by Gasteiger charge is -2.23. The van der Waals surface area contributed by atoms with E-state index in [2.05, 4.69) is 5.32 Å². The molecule has 1 atom stereocenters. The first kappa shape index (κ1) is 9.21. The second-order valence-electron chi connectivity index (χ2n) is 3.95. The van der Waals surface area contributed by atoms with Gasteiger partial charge < -0.3 is 10.4 Å². The number of nitrogens with one attached hydrogen (secondary N) is 1. The molecule has 0 radical (unpaired) electrons. The molecule has 1 aromatic carbocycles. The van der Waals surface area contributed by atoms with Crippen LogP contribution in [0.4, 0.5) is 0 Å². The van der Waals surface area contributed by atoms with Gasteiger partial charge in [0, 0.05) is 12.0 Å². The fourth-order valence-corrected chi connectivity index (χ4v) is 1.87. The van der Waals surface area contributed by atoms with Gasteiger partial charge in [0.15, 0.2) is 0 Å². The first-order valence-electron chi connectivity index (χ1n) is 4.66. The highest BCUT2D eigenvalue weighted by Crippen LogP contribution is 2.30. The highest BCUT2D eigenvalue weighted by Gasteiger charge is 2.34. The number of phenolic OH excluding ortho intramolecular Hbond substituents is 1. The number of carbonyl (C=O) groups is 1. The molecule has 1 saturated heterocycles. The summed E-state index contributed by atoms with van der Waals surface area (Å²) in [5, 5.41) is 12.5. The predicted octanol–water partition coefficient (Wildman–Crippen LogP) is 1.17. The molecule has 1 aromatic rings. The summed E-state index contributed by atoms with van der Waals surface area (Å²) in [6.45, 7) is 2.40. The zero-order valence-corrected chi connectivity index (χ0v) is 8.08.